The molecule has 0 spiro atoms. The zero-order chi connectivity index (χ0) is 6.72. The van der Waals surface area contributed by atoms with Crippen LogP contribution in [0.1, 0.15) is 13.3 Å². The van der Waals surface area contributed by atoms with E-state index < -0.39 is 0 Å². The van der Waals surface area contributed by atoms with E-state index in [0.717, 1.165) is 12.0 Å². The van der Waals surface area contributed by atoms with Crippen molar-refractivity contribution in [2.45, 2.75) is 31.6 Å². The van der Waals surface area contributed by atoms with Crippen LogP contribution in [0.3, 0.4) is 0 Å². The number of rotatable bonds is 0. The maximum atomic E-state index is 5.82. The largest absolute Gasteiger partial charge is 0.372 e. The lowest BCUT2D eigenvalue weighted by Gasteiger charge is -2.21. The Morgan fingerprint density at radius 2 is 2.30 bits per heavy atom. The summed E-state index contributed by atoms with van der Waals surface area (Å²) in [7, 11) is 0. The van der Waals surface area contributed by atoms with E-state index in [2.05, 4.69) is 11.8 Å². The fourth-order valence-corrected chi connectivity index (χ4v) is 2.89. The van der Waals surface area contributed by atoms with Crippen molar-refractivity contribution in [1.29, 1.82) is 0 Å². The van der Waals surface area contributed by atoms with Crippen LogP contribution in [0.25, 0.3) is 0 Å². The molecule has 3 aliphatic rings. The molecule has 0 aliphatic carbocycles. The van der Waals surface area contributed by atoms with Crippen LogP contribution in [0.15, 0.2) is 0 Å². The number of morpholine rings is 1. The van der Waals surface area contributed by atoms with E-state index in [1.807, 2.05) is 0 Å². The smallest absolute Gasteiger partial charge is 0.0750 e. The monoisotopic (exact) mass is 139 g/mol. The highest BCUT2D eigenvalue weighted by Crippen LogP contribution is 2.43. The van der Waals surface area contributed by atoms with Crippen molar-refractivity contribution in [1.82, 2.24) is 4.90 Å². The number of hydrogen-bond donors (Lipinski definition) is 0. The van der Waals surface area contributed by atoms with Gasteiger partial charge in [0.1, 0.15) is 0 Å². The first-order valence-electron chi connectivity index (χ1n) is 4.26. The molecule has 0 N–H and O–H groups in total. The molecule has 56 valence electrons. The summed E-state index contributed by atoms with van der Waals surface area (Å²) >= 11 is 0. The Morgan fingerprint density at radius 3 is 2.90 bits per heavy atom. The minimum atomic E-state index is 0.581. The summed E-state index contributed by atoms with van der Waals surface area (Å²) < 4.78 is 5.82. The van der Waals surface area contributed by atoms with Gasteiger partial charge in [-0.2, -0.15) is 0 Å². The van der Waals surface area contributed by atoms with Crippen molar-refractivity contribution in [3.05, 3.63) is 0 Å². The molecule has 3 heterocycles. The zero-order valence-corrected chi connectivity index (χ0v) is 6.29. The van der Waals surface area contributed by atoms with Gasteiger partial charge in [-0.1, -0.05) is 6.92 Å². The molecule has 0 aromatic heterocycles. The van der Waals surface area contributed by atoms with Gasteiger partial charge in [-0.05, 0) is 6.42 Å². The fraction of sp³-hybridized carbons (Fsp3) is 1.00. The average molecular weight is 139 g/mol. The standard InChI is InChI=1S/C8H13NO/c1-5-7-4-9-3-2-6(10-7)8(5)9/h5-8H,2-4H2,1H3. The van der Waals surface area contributed by atoms with Gasteiger partial charge in [0.2, 0.25) is 0 Å². The molecule has 3 fully saturated rings. The van der Waals surface area contributed by atoms with Gasteiger partial charge in [0.25, 0.3) is 0 Å². The molecule has 4 unspecified atom stereocenters. The van der Waals surface area contributed by atoms with Gasteiger partial charge in [-0.25, -0.2) is 0 Å². The highest BCUT2D eigenvalue weighted by atomic mass is 16.5. The van der Waals surface area contributed by atoms with Crippen LogP contribution >= 0.6 is 0 Å². The third-order valence-corrected chi connectivity index (χ3v) is 3.39. The van der Waals surface area contributed by atoms with E-state index in [4.69, 9.17) is 4.74 Å². The number of nitrogens with zero attached hydrogens (tertiary/aromatic N) is 1. The van der Waals surface area contributed by atoms with Crippen LogP contribution in [-0.4, -0.2) is 36.2 Å². The SMILES string of the molecule is CC1C2CN3CCC(O2)C13. The maximum Gasteiger partial charge on any atom is 0.0750 e. The third kappa shape index (κ3) is 0.453. The summed E-state index contributed by atoms with van der Waals surface area (Å²) in [5.74, 6) is 0.812. The molecule has 10 heavy (non-hydrogen) atoms. The van der Waals surface area contributed by atoms with Crippen molar-refractivity contribution in [2.24, 2.45) is 5.92 Å². The van der Waals surface area contributed by atoms with Crippen LogP contribution in [0.2, 0.25) is 0 Å². The Hall–Kier alpha value is -0.0800. The molecule has 2 heteroatoms. The van der Waals surface area contributed by atoms with Crippen LogP contribution in [0.4, 0.5) is 0 Å². The second-order valence-electron chi connectivity index (χ2n) is 3.85. The lowest BCUT2D eigenvalue weighted by molar-refractivity contribution is 0.00750. The molecular formula is C8H13NO. The van der Waals surface area contributed by atoms with Crippen molar-refractivity contribution >= 4 is 0 Å². The van der Waals surface area contributed by atoms with E-state index in [0.29, 0.717) is 12.2 Å². The zero-order valence-electron chi connectivity index (χ0n) is 6.29. The highest BCUT2D eigenvalue weighted by molar-refractivity contribution is 5.06. The minimum absolute atomic E-state index is 0.581. The van der Waals surface area contributed by atoms with Crippen molar-refractivity contribution in [3.63, 3.8) is 0 Å². The Kier molecular flexibility index (Phi) is 0.868. The maximum absolute atomic E-state index is 5.82. The Balaban J connectivity index is 2.01. The topological polar surface area (TPSA) is 12.5 Å². The van der Waals surface area contributed by atoms with Crippen molar-refractivity contribution < 1.29 is 4.74 Å². The molecule has 0 aromatic rings. The summed E-state index contributed by atoms with van der Waals surface area (Å²) in [5, 5.41) is 0. The molecule has 4 atom stereocenters. The van der Waals surface area contributed by atoms with Gasteiger partial charge in [-0.3, -0.25) is 4.90 Å². The summed E-state index contributed by atoms with van der Waals surface area (Å²) in [5.41, 5.74) is 0. The Bertz CT molecular complexity index is 154. The molecule has 3 saturated heterocycles. The van der Waals surface area contributed by atoms with Crippen molar-refractivity contribution in [3.8, 4) is 0 Å². The lowest BCUT2D eigenvalue weighted by atomic mass is 10.0. The first kappa shape index (κ1) is 5.56. The molecule has 3 aliphatic heterocycles. The molecule has 0 amide bonds. The molecule has 0 aromatic carbocycles. The quantitative estimate of drug-likeness (QED) is 0.484. The van der Waals surface area contributed by atoms with Crippen LogP contribution in [0, 0.1) is 5.92 Å². The molecular weight excluding hydrogens is 126 g/mol. The molecule has 2 nitrogen and oxygen atoms in total. The van der Waals surface area contributed by atoms with Gasteiger partial charge in [0.05, 0.1) is 12.2 Å². The third-order valence-electron chi connectivity index (χ3n) is 3.39. The summed E-state index contributed by atoms with van der Waals surface area (Å²) in [4.78, 5) is 2.60. The fourth-order valence-electron chi connectivity index (χ4n) is 2.89. The van der Waals surface area contributed by atoms with E-state index in [1.54, 1.807) is 0 Å². The lowest BCUT2D eigenvalue weighted by Crippen LogP contribution is -2.34. The van der Waals surface area contributed by atoms with Gasteiger partial charge < -0.3 is 4.74 Å². The number of ether oxygens (including phenoxy) is 1. The predicted molar refractivity (Wildman–Crippen MR) is 37.8 cm³/mol. The molecule has 0 radical (unpaired) electrons. The summed E-state index contributed by atoms with van der Waals surface area (Å²) in [6, 6.07) is 0.796. The van der Waals surface area contributed by atoms with Gasteiger partial charge in [0.15, 0.2) is 0 Å². The van der Waals surface area contributed by atoms with E-state index >= 15 is 0 Å². The Labute approximate surface area is 61.1 Å². The number of fused-ring (bicyclic) bond motifs is 1. The Morgan fingerprint density at radius 1 is 1.40 bits per heavy atom. The van der Waals surface area contributed by atoms with Gasteiger partial charge >= 0.3 is 0 Å². The summed E-state index contributed by atoms with van der Waals surface area (Å²) in [6.07, 6.45) is 2.47. The van der Waals surface area contributed by atoms with E-state index in [1.165, 1.54) is 19.5 Å². The minimum Gasteiger partial charge on any atom is -0.372 e. The van der Waals surface area contributed by atoms with Crippen molar-refractivity contribution in [2.75, 3.05) is 13.1 Å². The van der Waals surface area contributed by atoms with Crippen LogP contribution in [0.5, 0.6) is 0 Å². The highest BCUT2D eigenvalue weighted by Gasteiger charge is 2.54. The first-order valence-corrected chi connectivity index (χ1v) is 4.26. The average Bonchev–Trinajstić information content (AvgIpc) is 2.44. The van der Waals surface area contributed by atoms with Crippen LogP contribution < -0.4 is 0 Å². The van der Waals surface area contributed by atoms with E-state index in [-0.39, 0.29) is 0 Å². The first-order chi connectivity index (χ1) is 4.86. The molecule has 3 rings (SSSR count). The van der Waals surface area contributed by atoms with Crippen LogP contribution in [-0.2, 0) is 4.74 Å². The normalized spacial score (nSPS) is 58.5. The summed E-state index contributed by atoms with van der Waals surface area (Å²) in [6.45, 7) is 4.83. The molecule has 2 bridgehead atoms. The van der Waals surface area contributed by atoms with Gasteiger partial charge in [0, 0.05) is 25.0 Å². The predicted octanol–water partition coefficient (Wildman–Crippen LogP) is 0.478. The van der Waals surface area contributed by atoms with Gasteiger partial charge in [-0.15, -0.1) is 0 Å². The second-order valence-corrected chi connectivity index (χ2v) is 3.85. The second kappa shape index (κ2) is 1.56. The van der Waals surface area contributed by atoms with E-state index in [9.17, 15) is 0 Å². The number of hydrogen-bond acceptors (Lipinski definition) is 2. The molecule has 0 saturated carbocycles.